The molecule has 1 aliphatic rings. The number of aryl methyl sites for hydroxylation is 1. The normalized spacial score (nSPS) is 14.8. The van der Waals surface area contributed by atoms with Crippen molar-refractivity contribution in [2.45, 2.75) is 38.2 Å². The lowest BCUT2D eigenvalue weighted by Gasteiger charge is -2.15. The first-order chi connectivity index (χ1) is 16.4. The quantitative estimate of drug-likeness (QED) is 0.376. The molecule has 5 rings (SSSR count). The van der Waals surface area contributed by atoms with Gasteiger partial charge in [0.05, 0.1) is 0 Å². The number of hydrogen-bond donors (Lipinski definition) is 2. The van der Waals surface area contributed by atoms with Crippen molar-refractivity contribution in [3.63, 3.8) is 0 Å². The van der Waals surface area contributed by atoms with Gasteiger partial charge in [-0.3, -0.25) is 10.1 Å². The lowest BCUT2D eigenvalue weighted by Crippen LogP contribution is -2.18. The zero-order chi connectivity index (χ0) is 23.9. The van der Waals surface area contributed by atoms with Gasteiger partial charge in [-0.05, 0) is 49.7 Å². The van der Waals surface area contributed by atoms with E-state index < -0.39 is 23.6 Å². The molecule has 1 aromatic carbocycles. The van der Waals surface area contributed by atoms with Crippen LogP contribution in [-0.4, -0.2) is 32.3 Å². The Kier molecular flexibility index (Phi) is 5.55. The molecule has 0 saturated heterocycles. The minimum atomic E-state index is -0.844. The van der Waals surface area contributed by atoms with Crippen LogP contribution < -0.4 is 5.32 Å². The number of ether oxygens (including phenoxy) is 1. The van der Waals surface area contributed by atoms with Crippen molar-refractivity contribution in [3.8, 4) is 11.8 Å². The summed E-state index contributed by atoms with van der Waals surface area (Å²) >= 11 is 2.67. The summed E-state index contributed by atoms with van der Waals surface area (Å²) < 4.78 is 11.3. The molecule has 4 aromatic rings. The highest BCUT2D eigenvalue weighted by Gasteiger charge is 2.54. The van der Waals surface area contributed by atoms with Crippen molar-refractivity contribution in [2.24, 2.45) is 0 Å². The highest BCUT2D eigenvalue weighted by molar-refractivity contribution is 7.38. The van der Waals surface area contributed by atoms with Crippen LogP contribution in [-0.2, 0) is 14.9 Å². The Bertz CT molecular complexity index is 1440. The first-order valence-corrected chi connectivity index (χ1v) is 12.0. The summed E-state index contributed by atoms with van der Waals surface area (Å²) in [5.74, 6) is 4.90. The van der Waals surface area contributed by atoms with Gasteiger partial charge >= 0.3 is 12.1 Å². The minimum absolute atomic E-state index is 0.232. The van der Waals surface area contributed by atoms with Crippen molar-refractivity contribution >= 4 is 50.1 Å². The van der Waals surface area contributed by atoms with E-state index in [0.29, 0.717) is 28.5 Å². The number of fused-ring (bicyclic) bond motifs is 1. The highest BCUT2D eigenvalue weighted by atomic mass is 32.2. The number of anilines is 1. The molecule has 1 aliphatic carbocycles. The Balaban J connectivity index is 1.27. The molecule has 34 heavy (non-hydrogen) atoms. The first-order valence-electron chi connectivity index (χ1n) is 10.4. The predicted molar refractivity (Wildman–Crippen MR) is 126 cm³/mol. The first kappa shape index (κ1) is 22.1. The number of carbonyl (C=O) groups is 2. The molecule has 1 unspecified atom stereocenters. The lowest BCUT2D eigenvalue weighted by atomic mass is 10.1. The van der Waals surface area contributed by atoms with Crippen molar-refractivity contribution in [1.82, 2.24) is 15.1 Å². The SMILES string of the molecule is Cc1ccccc1C(C)OC(=O)Nc1conc1C#Cc1nc2nc(C3(C(=O)O)CC3)sc2s1. The molecule has 3 heterocycles. The van der Waals surface area contributed by atoms with E-state index in [2.05, 4.69) is 32.3 Å². The third-order valence-electron chi connectivity index (χ3n) is 5.55. The zero-order valence-electron chi connectivity index (χ0n) is 18.1. The van der Waals surface area contributed by atoms with Crippen molar-refractivity contribution in [2.75, 3.05) is 5.32 Å². The standard InChI is InChI=1S/C23H18N4O5S2/c1-12-5-3-4-6-14(12)13(2)32-22(30)24-16-11-31-27-15(16)7-8-17-25-18-19(33-17)34-20(26-18)23(9-10-23)21(28)29/h3-6,11,13H,9-10H2,1-2H3,(H,24,30)(H,28,29). The summed E-state index contributed by atoms with van der Waals surface area (Å²) in [6.07, 6.45) is 1.39. The van der Waals surface area contributed by atoms with E-state index in [4.69, 9.17) is 9.26 Å². The number of thiazole rings is 2. The fourth-order valence-corrected chi connectivity index (χ4v) is 5.69. The van der Waals surface area contributed by atoms with Crippen molar-refractivity contribution in [3.05, 3.63) is 57.4 Å². The lowest BCUT2D eigenvalue weighted by molar-refractivity contribution is -0.140. The fourth-order valence-electron chi connectivity index (χ4n) is 3.48. The van der Waals surface area contributed by atoms with E-state index in [0.717, 1.165) is 15.1 Å². The van der Waals surface area contributed by atoms with Crippen LogP contribution in [0.25, 0.3) is 9.66 Å². The van der Waals surface area contributed by atoms with Gasteiger partial charge < -0.3 is 14.4 Å². The Morgan fingerprint density at radius 2 is 2.03 bits per heavy atom. The van der Waals surface area contributed by atoms with Crippen LogP contribution in [0.15, 0.2) is 35.1 Å². The average molecular weight is 495 g/mol. The van der Waals surface area contributed by atoms with Gasteiger partial charge in [0.25, 0.3) is 0 Å². The molecular formula is C23H18N4O5S2. The molecule has 0 radical (unpaired) electrons. The number of hydrogen-bond acceptors (Lipinski definition) is 9. The number of aliphatic carboxylic acids is 1. The number of carbonyl (C=O) groups excluding carboxylic acids is 1. The predicted octanol–water partition coefficient (Wildman–Crippen LogP) is 4.87. The van der Waals surface area contributed by atoms with Gasteiger partial charge in [0, 0.05) is 0 Å². The molecule has 2 N–H and O–H groups in total. The van der Waals surface area contributed by atoms with Crippen LogP contribution in [0.2, 0.25) is 0 Å². The second kappa shape index (κ2) is 8.55. The largest absolute Gasteiger partial charge is 0.481 e. The maximum absolute atomic E-state index is 12.4. The number of nitrogens with zero attached hydrogens (tertiary/aromatic N) is 3. The van der Waals surface area contributed by atoms with E-state index in [1.807, 2.05) is 31.2 Å². The van der Waals surface area contributed by atoms with Gasteiger partial charge in [0.15, 0.2) is 16.3 Å². The number of aromatic nitrogens is 3. The third kappa shape index (κ3) is 4.13. The van der Waals surface area contributed by atoms with Crippen LogP contribution in [0.1, 0.15) is 52.7 Å². The Morgan fingerprint density at radius 3 is 2.74 bits per heavy atom. The van der Waals surface area contributed by atoms with Crippen LogP contribution in [0.4, 0.5) is 10.5 Å². The monoisotopic (exact) mass is 494 g/mol. The summed E-state index contributed by atoms with van der Waals surface area (Å²) in [5.41, 5.74) is 2.11. The molecule has 1 saturated carbocycles. The second-order valence-corrected chi connectivity index (χ2v) is 10.1. The fraction of sp³-hybridized carbons (Fsp3) is 0.261. The number of benzene rings is 1. The number of amides is 1. The smallest absolute Gasteiger partial charge is 0.412 e. The molecule has 11 heteroatoms. The zero-order valence-corrected chi connectivity index (χ0v) is 19.7. The van der Waals surface area contributed by atoms with Gasteiger partial charge in [0.2, 0.25) is 0 Å². The van der Waals surface area contributed by atoms with E-state index in [-0.39, 0.29) is 11.4 Å². The van der Waals surface area contributed by atoms with Crippen LogP contribution in [0, 0.1) is 18.8 Å². The van der Waals surface area contributed by atoms with Gasteiger partial charge in [-0.15, -0.1) is 11.3 Å². The molecule has 172 valence electrons. The molecule has 3 aromatic heterocycles. The second-order valence-electron chi connectivity index (χ2n) is 7.89. The molecular weight excluding hydrogens is 476 g/mol. The van der Waals surface area contributed by atoms with Gasteiger partial charge in [-0.25, -0.2) is 14.8 Å². The summed E-state index contributed by atoms with van der Waals surface area (Å²) in [7, 11) is 0. The molecule has 1 atom stereocenters. The van der Waals surface area contributed by atoms with Crippen LogP contribution >= 0.6 is 22.7 Å². The topological polar surface area (TPSA) is 127 Å². The molecule has 1 amide bonds. The van der Waals surface area contributed by atoms with Crippen LogP contribution in [0.5, 0.6) is 0 Å². The molecule has 9 nitrogen and oxygen atoms in total. The summed E-state index contributed by atoms with van der Waals surface area (Å²) in [4.78, 5) is 32.7. The Labute approximate surface area is 201 Å². The summed E-state index contributed by atoms with van der Waals surface area (Å²) in [6.45, 7) is 3.75. The Hall–Kier alpha value is -3.75. The Morgan fingerprint density at radius 1 is 1.24 bits per heavy atom. The third-order valence-corrected chi connectivity index (χ3v) is 7.85. The number of nitrogens with one attached hydrogen (secondary N) is 1. The number of carboxylic acid groups (broad SMARTS) is 1. The molecule has 0 aliphatic heterocycles. The maximum Gasteiger partial charge on any atom is 0.412 e. The molecule has 0 spiro atoms. The van der Waals surface area contributed by atoms with E-state index in [1.165, 1.54) is 28.9 Å². The maximum atomic E-state index is 12.4. The van der Waals surface area contributed by atoms with E-state index in [9.17, 15) is 14.7 Å². The molecule has 1 fully saturated rings. The summed E-state index contributed by atoms with van der Waals surface area (Å²) in [6, 6.07) is 7.68. The molecule has 0 bridgehead atoms. The van der Waals surface area contributed by atoms with E-state index >= 15 is 0 Å². The van der Waals surface area contributed by atoms with Crippen molar-refractivity contribution in [1.29, 1.82) is 0 Å². The van der Waals surface area contributed by atoms with E-state index in [1.54, 1.807) is 6.92 Å². The van der Waals surface area contributed by atoms with Gasteiger partial charge in [-0.2, -0.15) is 0 Å². The highest BCUT2D eigenvalue weighted by Crippen LogP contribution is 2.51. The van der Waals surface area contributed by atoms with Crippen molar-refractivity contribution < 1.29 is 24.0 Å². The number of carboxylic acids is 1. The average Bonchev–Trinajstić information content (AvgIpc) is 3.12. The van der Waals surface area contributed by atoms with Gasteiger partial charge in [0.1, 0.15) is 32.5 Å². The minimum Gasteiger partial charge on any atom is -0.481 e. The van der Waals surface area contributed by atoms with Crippen LogP contribution in [0.3, 0.4) is 0 Å². The summed E-state index contributed by atoms with van der Waals surface area (Å²) in [5, 5.41) is 17.0. The van der Waals surface area contributed by atoms with Gasteiger partial charge in [-0.1, -0.05) is 40.8 Å². The number of rotatable bonds is 5.